The third-order valence-corrected chi connectivity index (χ3v) is 3.46. The Bertz CT molecular complexity index is 663. The van der Waals surface area contributed by atoms with Crippen molar-refractivity contribution < 1.29 is 9.72 Å². The Hall–Kier alpha value is -1.98. The number of halogens is 1. The summed E-state index contributed by atoms with van der Waals surface area (Å²) in [4.78, 5) is 21.9. The smallest absolute Gasteiger partial charge is 0.289 e. The monoisotopic (exact) mass is 293 g/mol. The van der Waals surface area contributed by atoms with Crippen molar-refractivity contribution in [2.45, 2.75) is 0 Å². The zero-order chi connectivity index (χ0) is 13.8. The molecule has 0 unspecified atom stereocenters. The maximum Gasteiger partial charge on any atom is 0.324 e. The lowest BCUT2D eigenvalue weighted by molar-refractivity contribution is -0.380. The zero-order valence-electron chi connectivity index (χ0n) is 9.58. The Kier molecular flexibility index (Phi) is 4.09. The van der Waals surface area contributed by atoms with Crippen LogP contribution in [-0.4, -0.2) is 10.7 Å². The molecule has 0 bridgehead atoms. The van der Waals surface area contributed by atoms with E-state index in [1.54, 1.807) is 35.7 Å². The van der Waals surface area contributed by atoms with Crippen molar-refractivity contribution in [2.75, 3.05) is 0 Å². The van der Waals surface area contributed by atoms with Crippen molar-refractivity contribution in [3.05, 3.63) is 68.1 Å². The first-order valence-corrected chi connectivity index (χ1v) is 6.53. The minimum atomic E-state index is -0.458. The number of ketones is 1. The van der Waals surface area contributed by atoms with E-state index in [0.717, 1.165) is 11.3 Å². The Morgan fingerprint density at radius 1 is 1.37 bits per heavy atom. The van der Waals surface area contributed by atoms with Crippen LogP contribution in [0.3, 0.4) is 0 Å². The highest BCUT2D eigenvalue weighted by Gasteiger charge is 2.08. The first kappa shape index (κ1) is 13.5. The molecule has 1 heterocycles. The van der Waals surface area contributed by atoms with Crippen molar-refractivity contribution in [1.82, 2.24) is 0 Å². The fourth-order valence-electron chi connectivity index (χ4n) is 1.43. The van der Waals surface area contributed by atoms with Gasteiger partial charge >= 0.3 is 5.00 Å². The molecule has 1 aromatic carbocycles. The molecule has 0 saturated carbocycles. The fourth-order valence-corrected chi connectivity index (χ4v) is 2.32. The fraction of sp³-hybridized carbons (Fsp3) is 0. The Morgan fingerprint density at radius 3 is 2.79 bits per heavy atom. The maximum atomic E-state index is 11.8. The van der Waals surface area contributed by atoms with E-state index in [-0.39, 0.29) is 10.8 Å². The third kappa shape index (κ3) is 3.49. The van der Waals surface area contributed by atoms with Crippen LogP contribution >= 0.6 is 22.9 Å². The first-order chi connectivity index (χ1) is 9.06. The minimum Gasteiger partial charge on any atom is -0.289 e. The molecule has 1 aromatic heterocycles. The van der Waals surface area contributed by atoms with Crippen molar-refractivity contribution in [3.8, 4) is 0 Å². The van der Waals surface area contributed by atoms with Crippen LogP contribution in [0, 0.1) is 10.1 Å². The molecule has 0 spiro atoms. The van der Waals surface area contributed by atoms with Gasteiger partial charge in [0.2, 0.25) is 0 Å². The summed E-state index contributed by atoms with van der Waals surface area (Å²) in [6.07, 6.45) is 2.92. The highest BCUT2D eigenvalue weighted by atomic mass is 35.5. The van der Waals surface area contributed by atoms with Crippen LogP contribution in [0.15, 0.2) is 41.8 Å². The van der Waals surface area contributed by atoms with Crippen LogP contribution in [0.2, 0.25) is 5.02 Å². The van der Waals surface area contributed by atoms with Crippen molar-refractivity contribution in [2.24, 2.45) is 0 Å². The second-order valence-electron chi connectivity index (χ2n) is 3.68. The summed E-state index contributed by atoms with van der Waals surface area (Å²) in [5.41, 5.74) is 1.11. The van der Waals surface area contributed by atoms with Crippen LogP contribution in [0.5, 0.6) is 0 Å². The van der Waals surface area contributed by atoms with Crippen molar-refractivity contribution in [3.63, 3.8) is 0 Å². The molecule has 2 aromatic rings. The normalized spacial score (nSPS) is 10.8. The quantitative estimate of drug-likeness (QED) is 0.367. The standard InChI is InChI=1S/C13H8ClNO3S/c14-11-3-1-2-10(7-11)12(16)5-4-9-6-13(15(17)18)19-8-9/h1-8H. The summed E-state index contributed by atoms with van der Waals surface area (Å²) in [5, 5.41) is 12.7. The second kappa shape index (κ2) is 5.77. The van der Waals surface area contributed by atoms with E-state index in [1.807, 2.05) is 0 Å². The molecule has 4 nitrogen and oxygen atoms in total. The number of allylic oxidation sites excluding steroid dienone is 1. The predicted molar refractivity (Wildman–Crippen MR) is 75.8 cm³/mol. The van der Waals surface area contributed by atoms with Crippen LogP contribution in [0.4, 0.5) is 5.00 Å². The summed E-state index contributed by atoms with van der Waals surface area (Å²) >= 11 is 6.82. The van der Waals surface area contributed by atoms with Crippen molar-refractivity contribution in [1.29, 1.82) is 0 Å². The Balaban J connectivity index is 2.13. The van der Waals surface area contributed by atoms with Gasteiger partial charge in [0.1, 0.15) is 0 Å². The van der Waals surface area contributed by atoms with E-state index in [4.69, 9.17) is 11.6 Å². The largest absolute Gasteiger partial charge is 0.324 e. The SMILES string of the molecule is O=C(C=Cc1csc([N+](=O)[O-])c1)c1cccc(Cl)c1. The summed E-state index contributed by atoms with van der Waals surface area (Å²) in [6, 6.07) is 8.04. The van der Waals surface area contributed by atoms with E-state index < -0.39 is 4.92 Å². The molecule has 0 aliphatic heterocycles. The minimum absolute atomic E-state index is 0.0508. The molecule has 0 atom stereocenters. The van der Waals surface area contributed by atoms with Gasteiger partial charge in [-0.2, -0.15) is 0 Å². The van der Waals surface area contributed by atoms with Gasteiger partial charge in [0, 0.05) is 22.0 Å². The van der Waals surface area contributed by atoms with E-state index in [2.05, 4.69) is 0 Å². The number of nitro groups is 1. The zero-order valence-corrected chi connectivity index (χ0v) is 11.1. The summed E-state index contributed by atoms with van der Waals surface area (Å²) in [5.74, 6) is -0.198. The van der Waals surface area contributed by atoms with Gasteiger partial charge in [-0.1, -0.05) is 35.1 Å². The second-order valence-corrected chi connectivity index (χ2v) is 5.01. The predicted octanol–water partition coefficient (Wildman–Crippen LogP) is 4.21. The van der Waals surface area contributed by atoms with Crippen molar-refractivity contribution >= 4 is 39.8 Å². The van der Waals surface area contributed by atoms with Gasteiger partial charge < -0.3 is 0 Å². The van der Waals surface area contributed by atoms with Gasteiger partial charge in [0.05, 0.1) is 4.92 Å². The summed E-state index contributed by atoms with van der Waals surface area (Å²) < 4.78 is 0. The lowest BCUT2D eigenvalue weighted by atomic mass is 10.1. The molecule has 19 heavy (non-hydrogen) atoms. The molecule has 96 valence electrons. The third-order valence-electron chi connectivity index (χ3n) is 2.32. The van der Waals surface area contributed by atoms with Gasteiger partial charge in [0.25, 0.3) is 0 Å². The maximum absolute atomic E-state index is 11.8. The molecule has 0 aliphatic rings. The average molecular weight is 294 g/mol. The topological polar surface area (TPSA) is 60.2 Å². The van der Waals surface area contributed by atoms with Gasteiger partial charge in [-0.05, 0) is 29.8 Å². The number of rotatable bonds is 4. The lowest BCUT2D eigenvalue weighted by Crippen LogP contribution is -1.93. The summed E-state index contributed by atoms with van der Waals surface area (Å²) in [6.45, 7) is 0. The van der Waals surface area contributed by atoms with E-state index in [0.29, 0.717) is 16.1 Å². The molecule has 0 saturated heterocycles. The number of nitrogens with zero attached hydrogens (tertiary/aromatic N) is 1. The highest BCUT2D eigenvalue weighted by Crippen LogP contribution is 2.23. The van der Waals surface area contributed by atoms with Gasteiger partial charge in [0.15, 0.2) is 5.78 Å². The lowest BCUT2D eigenvalue weighted by Gasteiger charge is -1.95. The molecule has 0 radical (unpaired) electrons. The number of hydrogen-bond acceptors (Lipinski definition) is 4. The number of hydrogen-bond donors (Lipinski definition) is 0. The summed E-state index contributed by atoms with van der Waals surface area (Å²) in [7, 11) is 0. The van der Waals surface area contributed by atoms with E-state index in [1.165, 1.54) is 12.1 Å². The number of carbonyl (C=O) groups excluding carboxylic acids is 1. The Labute approximate surface area is 118 Å². The molecular weight excluding hydrogens is 286 g/mol. The average Bonchev–Trinajstić information content (AvgIpc) is 2.85. The molecule has 2 rings (SSSR count). The Morgan fingerprint density at radius 2 is 2.16 bits per heavy atom. The molecule has 0 amide bonds. The molecule has 0 fully saturated rings. The van der Waals surface area contributed by atoms with Gasteiger partial charge in [-0.3, -0.25) is 14.9 Å². The molecular formula is C13H8ClNO3S. The molecule has 6 heteroatoms. The van der Waals surface area contributed by atoms with Crippen LogP contribution in [0.25, 0.3) is 6.08 Å². The first-order valence-electron chi connectivity index (χ1n) is 5.27. The van der Waals surface area contributed by atoms with Crippen LogP contribution < -0.4 is 0 Å². The molecule has 0 N–H and O–H groups in total. The van der Waals surface area contributed by atoms with E-state index in [9.17, 15) is 14.9 Å². The van der Waals surface area contributed by atoms with Gasteiger partial charge in [-0.25, -0.2) is 0 Å². The van der Waals surface area contributed by atoms with Crippen LogP contribution in [-0.2, 0) is 0 Å². The van der Waals surface area contributed by atoms with E-state index >= 15 is 0 Å². The van der Waals surface area contributed by atoms with Crippen LogP contribution in [0.1, 0.15) is 15.9 Å². The highest BCUT2D eigenvalue weighted by molar-refractivity contribution is 7.13. The molecule has 0 aliphatic carbocycles. The number of carbonyl (C=O) groups is 1. The number of thiophene rings is 1. The van der Waals surface area contributed by atoms with Gasteiger partial charge in [-0.15, -0.1) is 0 Å². The number of benzene rings is 1.